The average Bonchev–Trinajstić information content (AvgIpc) is 3.02. The van der Waals surface area contributed by atoms with Gasteiger partial charge in [-0.2, -0.15) is 0 Å². The summed E-state index contributed by atoms with van der Waals surface area (Å²) in [6.07, 6.45) is 7.74. The average molecular weight is 487 g/mol. The second-order valence-electron chi connectivity index (χ2n) is 12.2. The molecule has 8 atom stereocenters. The lowest BCUT2D eigenvalue weighted by Gasteiger charge is -2.63. The summed E-state index contributed by atoms with van der Waals surface area (Å²) < 4.78 is 5.56. The highest BCUT2D eigenvalue weighted by Gasteiger charge is 2.76. The number of fused-ring (bicyclic) bond motifs is 5. The van der Waals surface area contributed by atoms with Gasteiger partial charge in [-0.1, -0.05) is 30.7 Å². The lowest BCUT2D eigenvalue weighted by Crippen LogP contribution is -2.72. The molecule has 5 rings (SSSR count). The Bertz CT molecular complexity index is 1070. The van der Waals surface area contributed by atoms with Crippen LogP contribution >= 0.6 is 0 Å². The standard InChI is InChI=1S/C28H38O7/c1-16-14-22(35-23(31)18(16)15-29)26(4,32)28(34)13-12-27(33)20-9-8-17-6-5-7-21(30)25(17,3)19(20)10-11-24(27,28)2/h5-6,8,19-20,22,29,32-34H,7,9-15H2,1-4H3/t19-,20+,22+,24-,25-,26+,27+,28-/m0/s1. The Morgan fingerprint density at radius 2 is 1.86 bits per heavy atom. The van der Waals surface area contributed by atoms with Crippen molar-refractivity contribution >= 4 is 11.8 Å². The summed E-state index contributed by atoms with van der Waals surface area (Å²) in [5, 5.41) is 46.0. The van der Waals surface area contributed by atoms with E-state index in [4.69, 9.17) is 4.74 Å². The third kappa shape index (κ3) is 2.87. The van der Waals surface area contributed by atoms with Crippen LogP contribution in [0.15, 0.2) is 34.9 Å². The quantitative estimate of drug-likeness (QED) is 0.452. The highest BCUT2D eigenvalue weighted by Crippen LogP contribution is 2.70. The molecule has 7 nitrogen and oxygen atoms in total. The van der Waals surface area contributed by atoms with Crippen LogP contribution in [-0.4, -0.2) is 61.7 Å². The fourth-order valence-corrected chi connectivity index (χ4v) is 8.53. The van der Waals surface area contributed by atoms with Crippen molar-refractivity contribution in [3.05, 3.63) is 34.9 Å². The van der Waals surface area contributed by atoms with Crippen LogP contribution in [0.2, 0.25) is 0 Å². The van der Waals surface area contributed by atoms with Crippen molar-refractivity contribution in [3.8, 4) is 0 Å². The van der Waals surface area contributed by atoms with E-state index in [1.54, 1.807) is 6.92 Å². The Kier molecular flexibility index (Phi) is 5.40. The van der Waals surface area contributed by atoms with Crippen LogP contribution in [0.25, 0.3) is 0 Å². The molecule has 0 spiro atoms. The van der Waals surface area contributed by atoms with Gasteiger partial charge in [0, 0.05) is 18.3 Å². The van der Waals surface area contributed by atoms with Crippen LogP contribution in [0.5, 0.6) is 0 Å². The maximum absolute atomic E-state index is 13.2. The number of ketones is 1. The molecule has 0 radical (unpaired) electrons. The van der Waals surface area contributed by atoms with Crippen molar-refractivity contribution in [2.45, 2.75) is 95.5 Å². The van der Waals surface area contributed by atoms with E-state index in [0.717, 1.165) is 5.57 Å². The summed E-state index contributed by atoms with van der Waals surface area (Å²) in [5.74, 6) is -0.791. The molecule has 0 aromatic rings. The number of aliphatic hydroxyl groups excluding tert-OH is 1. The number of hydrogen-bond donors (Lipinski definition) is 4. The lowest BCUT2D eigenvalue weighted by atomic mass is 9.44. The molecule has 0 aromatic heterocycles. The van der Waals surface area contributed by atoms with E-state index in [-0.39, 0.29) is 42.5 Å². The number of esters is 1. The van der Waals surface area contributed by atoms with Gasteiger partial charge in [-0.15, -0.1) is 0 Å². The maximum atomic E-state index is 13.2. The fraction of sp³-hybridized carbons (Fsp3) is 0.714. The number of rotatable bonds is 3. The molecule has 1 aliphatic heterocycles. The van der Waals surface area contributed by atoms with Crippen molar-refractivity contribution in [3.63, 3.8) is 0 Å². The molecule has 0 aromatic carbocycles. The van der Waals surface area contributed by atoms with Gasteiger partial charge in [-0.25, -0.2) is 4.79 Å². The number of carbonyl (C=O) groups excluding carboxylic acids is 2. The molecule has 5 aliphatic rings. The first-order valence-electron chi connectivity index (χ1n) is 12.9. The van der Waals surface area contributed by atoms with Crippen LogP contribution in [0.1, 0.15) is 72.6 Å². The zero-order valence-corrected chi connectivity index (χ0v) is 21.1. The molecular weight excluding hydrogens is 448 g/mol. The number of aliphatic hydroxyl groups is 4. The first kappa shape index (κ1) is 24.9. The topological polar surface area (TPSA) is 124 Å². The Morgan fingerprint density at radius 1 is 1.14 bits per heavy atom. The van der Waals surface area contributed by atoms with E-state index < -0.39 is 46.3 Å². The van der Waals surface area contributed by atoms with Crippen molar-refractivity contribution in [1.82, 2.24) is 0 Å². The number of Topliss-reactive ketones (excluding diaryl/α,β-unsaturated/α-hetero) is 1. The second kappa shape index (κ2) is 7.60. The van der Waals surface area contributed by atoms with Gasteiger partial charge in [-0.3, -0.25) is 4.79 Å². The van der Waals surface area contributed by atoms with E-state index in [1.807, 2.05) is 26.0 Å². The normalized spacial score (nSPS) is 46.9. The first-order valence-corrected chi connectivity index (χ1v) is 12.9. The van der Waals surface area contributed by atoms with Gasteiger partial charge < -0.3 is 25.2 Å². The summed E-state index contributed by atoms with van der Waals surface area (Å²) in [5.41, 5.74) is -4.73. The highest BCUT2D eigenvalue weighted by molar-refractivity contribution is 5.92. The summed E-state index contributed by atoms with van der Waals surface area (Å²) in [4.78, 5) is 25.7. The van der Waals surface area contributed by atoms with Crippen molar-refractivity contribution in [2.75, 3.05) is 6.61 Å². The molecule has 4 N–H and O–H groups in total. The minimum Gasteiger partial charge on any atom is -0.455 e. The molecular formula is C28H38O7. The van der Waals surface area contributed by atoms with Gasteiger partial charge in [0.2, 0.25) is 0 Å². The van der Waals surface area contributed by atoms with Gasteiger partial charge in [0.15, 0.2) is 0 Å². The maximum Gasteiger partial charge on any atom is 0.336 e. The third-order valence-corrected chi connectivity index (χ3v) is 11.0. The summed E-state index contributed by atoms with van der Waals surface area (Å²) in [6, 6.07) is 0. The van der Waals surface area contributed by atoms with Gasteiger partial charge in [0.05, 0.1) is 23.2 Å². The van der Waals surface area contributed by atoms with Gasteiger partial charge >= 0.3 is 5.97 Å². The lowest BCUT2D eigenvalue weighted by molar-refractivity contribution is -0.279. The Hall–Kier alpha value is -1.80. The molecule has 0 saturated heterocycles. The van der Waals surface area contributed by atoms with Crippen molar-refractivity contribution < 1.29 is 34.8 Å². The number of allylic oxidation sites excluding steroid dienone is 4. The fourth-order valence-electron chi connectivity index (χ4n) is 8.53. The molecule has 0 unspecified atom stereocenters. The predicted molar refractivity (Wildman–Crippen MR) is 128 cm³/mol. The zero-order chi connectivity index (χ0) is 25.6. The van der Waals surface area contributed by atoms with Crippen LogP contribution in [0.3, 0.4) is 0 Å². The molecule has 0 amide bonds. The molecule has 0 bridgehead atoms. The number of carbonyl (C=O) groups is 2. The molecule has 192 valence electrons. The summed E-state index contributed by atoms with van der Waals surface area (Å²) in [7, 11) is 0. The van der Waals surface area contributed by atoms with E-state index in [9.17, 15) is 30.0 Å². The largest absolute Gasteiger partial charge is 0.455 e. The number of cyclic esters (lactones) is 1. The molecule has 2 saturated carbocycles. The Labute approximate surface area is 206 Å². The van der Waals surface area contributed by atoms with E-state index >= 15 is 0 Å². The molecule has 35 heavy (non-hydrogen) atoms. The van der Waals surface area contributed by atoms with Crippen LogP contribution < -0.4 is 0 Å². The van der Waals surface area contributed by atoms with E-state index in [2.05, 4.69) is 6.08 Å². The smallest absolute Gasteiger partial charge is 0.336 e. The molecule has 2 fully saturated rings. The Morgan fingerprint density at radius 3 is 2.51 bits per heavy atom. The minimum absolute atomic E-state index is 0.0462. The predicted octanol–water partition coefficient (Wildman–Crippen LogP) is 2.52. The molecule has 7 heteroatoms. The zero-order valence-electron chi connectivity index (χ0n) is 21.1. The van der Waals surface area contributed by atoms with Crippen molar-refractivity contribution in [1.29, 1.82) is 0 Å². The SMILES string of the molecule is CC1=C(CO)C(=O)O[C@@H]([C@@](C)(O)[C@]2(O)CC[C@@]3(O)[C@@H]4CC=C5C=CCC(=O)[C@]5(C)[C@H]4CC[C@]23C)C1. The second-order valence-corrected chi connectivity index (χ2v) is 12.2. The van der Waals surface area contributed by atoms with E-state index in [1.165, 1.54) is 6.92 Å². The highest BCUT2D eigenvalue weighted by atomic mass is 16.6. The Balaban J connectivity index is 1.53. The summed E-state index contributed by atoms with van der Waals surface area (Å²) in [6.45, 7) is 6.63. The molecule has 4 aliphatic carbocycles. The van der Waals surface area contributed by atoms with Gasteiger partial charge in [0.1, 0.15) is 23.1 Å². The monoisotopic (exact) mass is 486 g/mol. The van der Waals surface area contributed by atoms with Crippen LogP contribution in [-0.2, 0) is 14.3 Å². The minimum atomic E-state index is -1.83. The summed E-state index contributed by atoms with van der Waals surface area (Å²) >= 11 is 0. The van der Waals surface area contributed by atoms with Gasteiger partial charge in [0.25, 0.3) is 0 Å². The van der Waals surface area contributed by atoms with Crippen LogP contribution in [0.4, 0.5) is 0 Å². The van der Waals surface area contributed by atoms with Gasteiger partial charge in [-0.05, 0) is 70.3 Å². The number of ether oxygens (including phenoxy) is 1. The number of hydrogen-bond acceptors (Lipinski definition) is 7. The van der Waals surface area contributed by atoms with E-state index in [0.29, 0.717) is 31.3 Å². The first-order chi connectivity index (χ1) is 16.3. The third-order valence-electron chi connectivity index (χ3n) is 11.0. The van der Waals surface area contributed by atoms with Crippen LogP contribution in [0, 0.1) is 22.7 Å². The van der Waals surface area contributed by atoms with Crippen molar-refractivity contribution in [2.24, 2.45) is 22.7 Å². The molecule has 1 heterocycles.